The standard InChI is InChI=1S/C43H37N11O21S7/c1-21-25(20-44)41-45-26-7-3-4-8-30(26)54(41)42(56)37(21)50-49-29-17-24-22(14-35(29)81(63,64)65)13-34(79-75-72-59)39(40(24)55)51-47-27-19-32(69-2)28(18-31(27)53(9-5-11-76-73-70-57)10-6-12-80(60,61)62)48-52-43-46-38-33(77-43)15-23(78-74-71-58)16-36(38)82(66,67)68/h3-4,7-8,13-19,55-59H,5-6,9-12H2,1-2H3,(H,60,61,62)(H,63,64,65)(H,66,67,68). The first-order valence-corrected chi connectivity index (χ1v) is 30.1. The van der Waals surface area contributed by atoms with Gasteiger partial charge in [-0.3, -0.25) is 18.1 Å². The number of rotatable bonds is 26. The van der Waals surface area contributed by atoms with Gasteiger partial charge in [0, 0.05) is 52.8 Å². The highest BCUT2D eigenvalue weighted by Crippen LogP contribution is 2.49. The number of pyridine rings is 1. The van der Waals surface area contributed by atoms with Crippen molar-refractivity contribution in [1.82, 2.24) is 14.4 Å². The van der Waals surface area contributed by atoms with Crippen molar-refractivity contribution in [2.24, 2.45) is 30.7 Å². The Morgan fingerprint density at radius 2 is 1.44 bits per heavy atom. The molecule has 3 heterocycles. The molecular weight excluding hydrogens is 1230 g/mol. The number of nitriles is 1. The van der Waals surface area contributed by atoms with Crippen LogP contribution in [0.3, 0.4) is 0 Å². The first-order valence-electron chi connectivity index (χ1n) is 22.4. The second kappa shape index (κ2) is 26.1. The number of benzene rings is 5. The van der Waals surface area contributed by atoms with Gasteiger partial charge in [-0.1, -0.05) is 38.6 Å². The Bertz CT molecular complexity index is 4260. The van der Waals surface area contributed by atoms with E-state index in [4.69, 9.17) is 20.5 Å². The normalized spacial score (nSPS) is 12.6. The maximum Gasteiger partial charge on any atom is 0.296 e. The molecule has 0 aliphatic heterocycles. The summed E-state index contributed by atoms with van der Waals surface area (Å²) in [6, 6.07) is 16.8. The number of hydrogen-bond donors (Lipinski definition) is 8. The van der Waals surface area contributed by atoms with E-state index in [1.165, 1.54) is 42.7 Å². The fourth-order valence-electron chi connectivity index (χ4n) is 7.97. The predicted molar refractivity (Wildman–Crippen MR) is 291 cm³/mol. The molecule has 0 saturated heterocycles. The Morgan fingerprint density at radius 3 is 2.13 bits per heavy atom. The summed E-state index contributed by atoms with van der Waals surface area (Å²) in [5, 5.41) is 96.2. The van der Waals surface area contributed by atoms with E-state index >= 15 is 0 Å². The van der Waals surface area contributed by atoms with Crippen molar-refractivity contribution in [3.63, 3.8) is 0 Å². The first-order chi connectivity index (χ1) is 39.1. The van der Waals surface area contributed by atoms with E-state index in [1.807, 2.05) is 6.07 Å². The van der Waals surface area contributed by atoms with Crippen molar-refractivity contribution in [3.8, 4) is 23.4 Å². The minimum Gasteiger partial charge on any atom is -0.505 e. The number of fused-ring (bicyclic) bond motifs is 5. The molecule has 0 aliphatic carbocycles. The number of azo groups is 3. The van der Waals surface area contributed by atoms with Crippen molar-refractivity contribution in [1.29, 1.82) is 5.26 Å². The molecule has 32 nitrogen and oxygen atoms in total. The Morgan fingerprint density at radius 1 is 0.756 bits per heavy atom. The molecule has 3 aromatic heterocycles. The molecule has 0 spiro atoms. The number of phenols is 1. The number of phenolic OH excluding ortho intramolecular Hbond substituents is 1. The zero-order chi connectivity index (χ0) is 59.1. The van der Waals surface area contributed by atoms with Gasteiger partial charge in [0.05, 0.1) is 63.3 Å². The van der Waals surface area contributed by atoms with Gasteiger partial charge < -0.3 is 19.8 Å². The Balaban J connectivity index is 1.28. The molecule has 0 radical (unpaired) electrons. The molecule has 5 aromatic carbocycles. The summed E-state index contributed by atoms with van der Waals surface area (Å²) in [5.41, 5.74) is -0.662. The lowest BCUT2D eigenvalue weighted by molar-refractivity contribution is -0.432. The summed E-state index contributed by atoms with van der Waals surface area (Å²) < 4.78 is 125. The van der Waals surface area contributed by atoms with Gasteiger partial charge in [-0.2, -0.15) is 30.5 Å². The van der Waals surface area contributed by atoms with Crippen molar-refractivity contribution in [2.45, 2.75) is 39.3 Å². The van der Waals surface area contributed by atoms with Gasteiger partial charge in [-0.25, -0.2) is 25.7 Å². The van der Waals surface area contributed by atoms with Crippen LogP contribution in [0.5, 0.6) is 17.4 Å². The third-order valence-corrected chi connectivity index (χ3v) is 16.6. The van der Waals surface area contributed by atoms with Crippen LogP contribution in [0, 0.1) is 18.3 Å². The fraction of sp³-hybridized carbons (Fsp3) is 0.186. The Labute approximate surface area is 477 Å². The molecule has 8 aromatic rings. The van der Waals surface area contributed by atoms with Gasteiger partial charge in [0.15, 0.2) is 17.1 Å². The summed E-state index contributed by atoms with van der Waals surface area (Å²) in [6.45, 7) is 1.35. The number of anilines is 1. The van der Waals surface area contributed by atoms with E-state index in [0.717, 1.165) is 29.5 Å². The van der Waals surface area contributed by atoms with Gasteiger partial charge in [-0.05, 0) is 73.7 Å². The number of aromatic hydroxyl groups is 2. The molecule has 0 atom stereocenters. The van der Waals surface area contributed by atoms with Gasteiger partial charge >= 0.3 is 0 Å². The number of methoxy groups -OCH3 is 1. The Hall–Kier alpha value is -6.89. The third kappa shape index (κ3) is 13.9. The third-order valence-electron chi connectivity index (χ3n) is 11.4. The van der Waals surface area contributed by atoms with Gasteiger partial charge in [0.1, 0.15) is 55.4 Å². The highest BCUT2D eigenvalue weighted by atomic mass is 32.2. The zero-order valence-corrected chi connectivity index (χ0v) is 47.0. The van der Waals surface area contributed by atoms with Gasteiger partial charge in [0.2, 0.25) is 11.0 Å². The SMILES string of the molecule is COc1cc(N=Nc2c(SOOO)cc3cc(S(=O)(=O)O)c(N=Nc4c(C)c(C#N)c5nc6ccccc6n5c4O)cc3c2O)c(N(CCCSOOO)CCCS(=O)(=O)O)cc1N=Nc1nc2c(S(=O)(=O)O)cc(SOOO)cc2s1. The van der Waals surface area contributed by atoms with E-state index in [-0.39, 0.29) is 125 Å². The summed E-state index contributed by atoms with van der Waals surface area (Å²) in [7, 11) is -13.3. The average molecular weight is 1270 g/mol. The van der Waals surface area contributed by atoms with Crippen LogP contribution >= 0.6 is 47.5 Å². The molecule has 82 heavy (non-hydrogen) atoms. The average Bonchev–Trinajstić information content (AvgIpc) is 2.83. The molecule has 0 bridgehead atoms. The number of aromatic nitrogens is 3. The smallest absolute Gasteiger partial charge is 0.296 e. The minimum atomic E-state index is -5.17. The highest BCUT2D eigenvalue weighted by molar-refractivity contribution is 7.95. The van der Waals surface area contributed by atoms with Gasteiger partial charge in [0.25, 0.3) is 30.4 Å². The number of thiazole rings is 1. The largest absolute Gasteiger partial charge is 0.505 e. The molecule has 0 amide bonds. The van der Waals surface area contributed by atoms with E-state index in [2.05, 4.69) is 68.8 Å². The van der Waals surface area contributed by atoms with Crippen LogP contribution in [0.2, 0.25) is 0 Å². The number of imidazole rings is 1. The lowest BCUT2D eigenvalue weighted by atomic mass is 10.1. The first kappa shape index (κ1) is 61.2. The van der Waals surface area contributed by atoms with E-state index in [9.17, 15) is 54.4 Å². The molecular formula is C43H37N11O21S7. The summed E-state index contributed by atoms with van der Waals surface area (Å²) >= 11 is 2.16. The lowest BCUT2D eigenvalue weighted by Gasteiger charge is -2.26. The summed E-state index contributed by atoms with van der Waals surface area (Å²) in [4.78, 5) is 8.58. The number of nitrogens with zero attached hydrogens (tertiary/aromatic N) is 11. The minimum absolute atomic E-state index is 0.00697. The van der Waals surface area contributed by atoms with Crippen LogP contribution in [0.4, 0.5) is 39.3 Å². The van der Waals surface area contributed by atoms with Crippen LogP contribution in [0.1, 0.15) is 24.0 Å². The molecule has 0 fully saturated rings. The van der Waals surface area contributed by atoms with Crippen LogP contribution in [0.15, 0.2) is 117 Å². The van der Waals surface area contributed by atoms with Gasteiger partial charge in [-0.15, -0.1) is 43.7 Å². The van der Waals surface area contributed by atoms with Crippen molar-refractivity contribution in [3.05, 3.63) is 77.9 Å². The molecule has 432 valence electrons. The van der Waals surface area contributed by atoms with E-state index in [0.29, 0.717) is 35.1 Å². The van der Waals surface area contributed by atoms with Crippen molar-refractivity contribution >= 4 is 155 Å². The maximum atomic E-state index is 13.0. The Kier molecular flexibility index (Phi) is 19.5. The second-order valence-corrected chi connectivity index (χ2v) is 24.0. The van der Waals surface area contributed by atoms with Crippen LogP contribution in [-0.4, -0.2) is 111 Å². The second-order valence-electron chi connectivity index (χ2n) is 16.4. The number of ether oxygens (including phenoxy) is 1. The summed E-state index contributed by atoms with van der Waals surface area (Å²) in [5.74, 6) is -1.92. The molecule has 0 unspecified atom stereocenters. The molecule has 8 rings (SSSR count). The van der Waals surface area contributed by atoms with Crippen molar-refractivity contribution < 1.29 is 97.7 Å². The molecule has 39 heteroatoms. The van der Waals surface area contributed by atoms with Crippen LogP contribution < -0.4 is 9.64 Å². The topological polar surface area (TPSA) is 460 Å². The molecule has 0 saturated carbocycles. The number of para-hydroxylation sites is 2. The highest BCUT2D eigenvalue weighted by Gasteiger charge is 2.26. The molecule has 0 aliphatic rings. The molecule has 8 N–H and O–H groups in total. The van der Waals surface area contributed by atoms with Crippen LogP contribution in [0.25, 0.3) is 37.7 Å². The maximum absolute atomic E-state index is 13.0. The predicted octanol–water partition coefficient (Wildman–Crippen LogP) is 11.0. The van der Waals surface area contributed by atoms with E-state index < -0.39 is 68.9 Å². The van der Waals surface area contributed by atoms with Crippen molar-refractivity contribution in [2.75, 3.05) is 36.6 Å². The monoisotopic (exact) mass is 1270 g/mol. The van der Waals surface area contributed by atoms with E-state index in [1.54, 1.807) is 29.2 Å². The number of hydrogen-bond acceptors (Lipinski definition) is 32. The zero-order valence-electron chi connectivity index (χ0n) is 41.3. The fourth-order valence-corrected chi connectivity index (χ4v) is 12.1. The quantitative estimate of drug-likeness (QED) is 0.00623. The van der Waals surface area contributed by atoms with Crippen LogP contribution in [-0.2, 0) is 58.5 Å². The lowest BCUT2D eigenvalue weighted by Crippen LogP contribution is -2.27. The summed E-state index contributed by atoms with van der Waals surface area (Å²) in [6.07, 6.45) is 0.0313.